The van der Waals surface area contributed by atoms with Crippen LogP contribution in [-0.2, 0) is 19.0 Å². The third kappa shape index (κ3) is 5.43. The van der Waals surface area contributed by atoms with Crippen molar-refractivity contribution in [3.63, 3.8) is 0 Å². The van der Waals surface area contributed by atoms with E-state index in [4.69, 9.17) is 14.2 Å². The van der Waals surface area contributed by atoms with Crippen molar-refractivity contribution in [1.82, 2.24) is 0 Å². The fourth-order valence-corrected chi connectivity index (χ4v) is 2.85. The Morgan fingerprint density at radius 2 is 2.17 bits per heavy atom. The molecule has 2 aliphatic rings. The van der Waals surface area contributed by atoms with Gasteiger partial charge < -0.3 is 19.3 Å². The highest BCUT2D eigenvalue weighted by molar-refractivity contribution is 5.75. The van der Waals surface area contributed by atoms with Crippen LogP contribution in [-0.4, -0.2) is 42.8 Å². The number of hydrogen-bond donors (Lipinski definition) is 1. The third-order valence-corrected chi connectivity index (χ3v) is 4.35. The lowest BCUT2D eigenvalue weighted by molar-refractivity contribution is -0.186. The van der Waals surface area contributed by atoms with Gasteiger partial charge in [0.25, 0.3) is 0 Å². The van der Waals surface area contributed by atoms with Crippen molar-refractivity contribution < 1.29 is 24.1 Å². The van der Waals surface area contributed by atoms with Crippen LogP contribution in [0.4, 0.5) is 0 Å². The summed E-state index contributed by atoms with van der Waals surface area (Å²) in [7, 11) is 0. The maximum atomic E-state index is 11.8. The summed E-state index contributed by atoms with van der Waals surface area (Å²) >= 11 is 0. The molecule has 0 bridgehead atoms. The van der Waals surface area contributed by atoms with Crippen molar-refractivity contribution in [1.29, 1.82) is 0 Å². The quantitative estimate of drug-likeness (QED) is 0.798. The molecule has 1 aliphatic carbocycles. The molecule has 0 aromatic heterocycles. The van der Waals surface area contributed by atoms with E-state index in [1.165, 1.54) is 0 Å². The number of hydrogen-bond acceptors (Lipinski definition) is 5. The average Bonchev–Trinajstić information content (AvgIpc) is 2.51. The van der Waals surface area contributed by atoms with Crippen LogP contribution < -0.4 is 0 Å². The second-order valence-corrected chi connectivity index (χ2v) is 7.62. The van der Waals surface area contributed by atoms with Gasteiger partial charge in [-0.1, -0.05) is 6.58 Å². The predicted octanol–water partition coefficient (Wildman–Crippen LogP) is 3.12. The van der Waals surface area contributed by atoms with Crippen LogP contribution in [0.15, 0.2) is 23.8 Å². The molecule has 2 fully saturated rings. The van der Waals surface area contributed by atoms with E-state index in [1.807, 2.05) is 26.8 Å². The molecule has 0 aromatic carbocycles. The lowest BCUT2D eigenvalue weighted by Crippen LogP contribution is -2.35. The summed E-state index contributed by atoms with van der Waals surface area (Å²) in [6.07, 6.45) is 4.96. The van der Waals surface area contributed by atoms with Crippen LogP contribution >= 0.6 is 0 Å². The molecule has 1 unspecified atom stereocenters. The predicted molar refractivity (Wildman–Crippen MR) is 91.3 cm³/mol. The average molecular weight is 338 g/mol. The van der Waals surface area contributed by atoms with Crippen LogP contribution in [0.3, 0.4) is 0 Å². The zero-order valence-electron chi connectivity index (χ0n) is 15.0. The van der Waals surface area contributed by atoms with Crippen LogP contribution in [0, 0.1) is 5.41 Å². The van der Waals surface area contributed by atoms with Gasteiger partial charge in [-0.2, -0.15) is 0 Å². The standard InChI is InChI=1S/C19H30O5/c1-13-14(8-10-23-18(21)19(2,3)4)11-15(20)12-16(13)24-17-7-5-6-9-22-17/h8,15-17,20H,1,5-7,9-12H2,2-4H3/b14-8-/t15-,16+,17?/m1/s1. The fourth-order valence-electron chi connectivity index (χ4n) is 2.85. The maximum absolute atomic E-state index is 11.8. The molecule has 3 atom stereocenters. The van der Waals surface area contributed by atoms with Crippen molar-refractivity contribution in [2.45, 2.75) is 71.4 Å². The van der Waals surface area contributed by atoms with Crippen LogP contribution in [0.2, 0.25) is 0 Å². The van der Waals surface area contributed by atoms with Gasteiger partial charge in [-0.25, -0.2) is 0 Å². The van der Waals surface area contributed by atoms with E-state index in [9.17, 15) is 9.90 Å². The topological polar surface area (TPSA) is 65.0 Å². The highest BCUT2D eigenvalue weighted by Gasteiger charge is 2.30. The number of aliphatic hydroxyl groups excluding tert-OH is 1. The number of carbonyl (C=O) groups is 1. The molecule has 1 aliphatic heterocycles. The highest BCUT2D eigenvalue weighted by Crippen LogP contribution is 2.32. The van der Waals surface area contributed by atoms with Crippen LogP contribution in [0.1, 0.15) is 52.9 Å². The first kappa shape index (κ1) is 19.2. The van der Waals surface area contributed by atoms with Crippen molar-refractivity contribution >= 4 is 5.97 Å². The minimum atomic E-state index is -0.522. The smallest absolute Gasteiger partial charge is 0.311 e. The first-order valence-electron chi connectivity index (χ1n) is 8.78. The molecule has 5 heteroatoms. The molecule has 0 aromatic rings. The molecular weight excluding hydrogens is 308 g/mol. The van der Waals surface area contributed by atoms with E-state index >= 15 is 0 Å². The minimum Gasteiger partial charge on any atom is -0.461 e. The van der Waals surface area contributed by atoms with E-state index in [2.05, 4.69) is 6.58 Å². The summed E-state index contributed by atoms with van der Waals surface area (Å²) in [5, 5.41) is 10.1. The number of carbonyl (C=O) groups excluding carboxylic acids is 1. The number of rotatable bonds is 4. The molecule has 24 heavy (non-hydrogen) atoms. The van der Waals surface area contributed by atoms with Crippen LogP contribution in [0.5, 0.6) is 0 Å². The van der Waals surface area contributed by atoms with Crippen molar-refractivity contribution in [3.05, 3.63) is 23.8 Å². The summed E-state index contributed by atoms with van der Waals surface area (Å²) in [6, 6.07) is 0. The van der Waals surface area contributed by atoms with Crippen molar-refractivity contribution in [2.24, 2.45) is 5.41 Å². The van der Waals surface area contributed by atoms with E-state index in [0.29, 0.717) is 12.8 Å². The Hall–Kier alpha value is -1.17. The zero-order chi connectivity index (χ0) is 17.7. The normalized spacial score (nSPS) is 30.4. The maximum Gasteiger partial charge on any atom is 0.311 e. The molecule has 0 amide bonds. The number of esters is 1. The van der Waals surface area contributed by atoms with Gasteiger partial charge in [-0.3, -0.25) is 4.79 Å². The Morgan fingerprint density at radius 1 is 1.42 bits per heavy atom. The first-order chi connectivity index (χ1) is 11.3. The number of aliphatic hydroxyl groups is 1. The second-order valence-electron chi connectivity index (χ2n) is 7.62. The summed E-state index contributed by atoms with van der Waals surface area (Å²) in [4.78, 5) is 11.8. The summed E-state index contributed by atoms with van der Waals surface area (Å²) in [5.41, 5.74) is 1.23. The van der Waals surface area contributed by atoms with Gasteiger partial charge in [0.05, 0.1) is 17.6 Å². The molecule has 136 valence electrons. The third-order valence-electron chi connectivity index (χ3n) is 4.35. The van der Waals surface area contributed by atoms with Gasteiger partial charge in [-0.15, -0.1) is 0 Å². The van der Waals surface area contributed by atoms with Gasteiger partial charge >= 0.3 is 5.97 Å². The Kier molecular flexibility index (Phi) is 6.61. The monoisotopic (exact) mass is 338 g/mol. The summed E-state index contributed by atoms with van der Waals surface area (Å²) in [6.45, 7) is 10.5. The Bertz CT molecular complexity index is 482. The van der Waals surface area contributed by atoms with Gasteiger partial charge in [-0.05, 0) is 63.7 Å². The molecule has 1 N–H and O–H groups in total. The largest absolute Gasteiger partial charge is 0.461 e. The lowest BCUT2D eigenvalue weighted by atomic mass is 9.86. The van der Waals surface area contributed by atoms with Gasteiger partial charge in [0.2, 0.25) is 0 Å². The molecule has 0 spiro atoms. The highest BCUT2D eigenvalue weighted by atomic mass is 16.7. The fraction of sp³-hybridized carbons (Fsp3) is 0.737. The van der Waals surface area contributed by atoms with E-state index in [-0.39, 0.29) is 25.0 Å². The van der Waals surface area contributed by atoms with Crippen LogP contribution in [0.25, 0.3) is 0 Å². The van der Waals surface area contributed by atoms with E-state index in [1.54, 1.807) is 0 Å². The Labute approximate surface area is 144 Å². The van der Waals surface area contributed by atoms with Gasteiger partial charge in [0, 0.05) is 13.0 Å². The lowest BCUT2D eigenvalue weighted by Gasteiger charge is -2.34. The summed E-state index contributed by atoms with van der Waals surface area (Å²) < 4.78 is 16.9. The molecule has 0 radical (unpaired) electrons. The molecule has 1 saturated carbocycles. The molecule has 5 nitrogen and oxygen atoms in total. The molecular formula is C19H30O5. The van der Waals surface area contributed by atoms with Gasteiger partial charge in [0.1, 0.15) is 6.61 Å². The second kappa shape index (κ2) is 8.28. The minimum absolute atomic E-state index is 0.184. The number of ether oxygens (including phenoxy) is 3. The summed E-state index contributed by atoms with van der Waals surface area (Å²) in [5.74, 6) is -0.246. The van der Waals surface area contributed by atoms with Crippen molar-refractivity contribution in [3.8, 4) is 0 Å². The SMILES string of the molecule is C=C1/C(=C\COC(=O)C(C)(C)C)C[C@@H](O)C[C@@H]1OC1CCCCO1. The zero-order valence-corrected chi connectivity index (χ0v) is 15.0. The van der Waals surface area contributed by atoms with E-state index in [0.717, 1.165) is 37.0 Å². The first-order valence-corrected chi connectivity index (χ1v) is 8.78. The molecule has 2 rings (SSSR count). The van der Waals surface area contributed by atoms with Crippen molar-refractivity contribution in [2.75, 3.05) is 13.2 Å². The Morgan fingerprint density at radius 3 is 2.79 bits per heavy atom. The van der Waals surface area contributed by atoms with E-state index < -0.39 is 11.5 Å². The Balaban J connectivity index is 1.92. The molecule has 1 heterocycles. The molecule has 1 saturated heterocycles. The van der Waals surface area contributed by atoms with Gasteiger partial charge in [0.15, 0.2) is 6.29 Å².